The minimum atomic E-state index is -0.255. The van der Waals surface area contributed by atoms with Gasteiger partial charge in [0.2, 0.25) is 0 Å². The van der Waals surface area contributed by atoms with Gasteiger partial charge in [-0.25, -0.2) is 9.37 Å². The fourth-order valence-electron chi connectivity index (χ4n) is 2.32. The number of imidazole rings is 1. The number of aromatic nitrogens is 2. The van der Waals surface area contributed by atoms with Crippen molar-refractivity contribution in [3.05, 3.63) is 89.8 Å². The number of nitrogens with zero attached hydrogens (tertiary/aromatic N) is 3. The fourth-order valence-corrected chi connectivity index (χ4v) is 2.32. The van der Waals surface area contributed by atoms with Gasteiger partial charge >= 0.3 is 0 Å². The maximum Gasteiger partial charge on any atom is 0.123 e. The van der Waals surface area contributed by atoms with Crippen molar-refractivity contribution in [3.63, 3.8) is 0 Å². The van der Waals surface area contributed by atoms with Crippen LogP contribution >= 0.6 is 0 Å². The Labute approximate surface area is 134 Å². The van der Waals surface area contributed by atoms with Gasteiger partial charge < -0.3 is 4.57 Å². The van der Waals surface area contributed by atoms with E-state index in [4.69, 9.17) is 5.26 Å². The Hall–Kier alpha value is -3.19. The summed E-state index contributed by atoms with van der Waals surface area (Å²) in [6.07, 6.45) is 7.39. The highest BCUT2D eigenvalue weighted by Crippen LogP contribution is 2.21. The molecule has 0 unspecified atom stereocenters. The maximum absolute atomic E-state index is 13.2. The number of halogens is 1. The van der Waals surface area contributed by atoms with Crippen molar-refractivity contribution < 1.29 is 4.39 Å². The molecule has 0 aliphatic rings. The molecule has 0 bridgehead atoms. The zero-order valence-electron chi connectivity index (χ0n) is 12.4. The van der Waals surface area contributed by atoms with Crippen LogP contribution in [0.3, 0.4) is 0 Å². The topological polar surface area (TPSA) is 41.6 Å². The predicted octanol–water partition coefficient (Wildman–Crippen LogP) is 4.13. The molecule has 0 spiro atoms. The smallest absolute Gasteiger partial charge is 0.123 e. The average molecular weight is 303 g/mol. The summed E-state index contributed by atoms with van der Waals surface area (Å²) in [6.45, 7) is 0.631. The molecule has 1 heterocycles. The molecular weight excluding hydrogens is 289 g/mol. The van der Waals surface area contributed by atoms with Gasteiger partial charge in [0.1, 0.15) is 5.82 Å². The van der Waals surface area contributed by atoms with Gasteiger partial charge in [0, 0.05) is 18.9 Å². The lowest BCUT2D eigenvalue weighted by molar-refractivity contribution is 0.627. The Bertz CT molecular complexity index is 839. The normalized spacial score (nSPS) is 11.2. The molecule has 0 atom stereocenters. The van der Waals surface area contributed by atoms with E-state index < -0.39 is 0 Å². The molecular formula is C19H14FN3. The average Bonchev–Trinajstić information content (AvgIpc) is 3.09. The Morgan fingerprint density at radius 2 is 1.87 bits per heavy atom. The van der Waals surface area contributed by atoms with Crippen LogP contribution in [0.25, 0.3) is 11.6 Å². The molecule has 112 valence electrons. The van der Waals surface area contributed by atoms with Gasteiger partial charge in [0.05, 0.1) is 18.0 Å². The molecule has 0 aliphatic carbocycles. The second-order valence-electron chi connectivity index (χ2n) is 5.15. The minimum Gasteiger partial charge on any atom is -0.333 e. The van der Waals surface area contributed by atoms with Gasteiger partial charge in [-0.05, 0) is 47.0 Å². The second kappa shape index (κ2) is 6.71. The highest BCUT2D eigenvalue weighted by Gasteiger charge is 2.04. The predicted molar refractivity (Wildman–Crippen MR) is 87.7 cm³/mol. The van der Waals surface area contributed by atoms with Crippen LogP contribution in [0.2, 0.25) is 0 Å². The van der Waals surface area contributed by atoms with Gasteiger partial charge in [0.15, 0.2) is 0 Å². The monoisotopic (exact) mass is 303 g/mol. The molecule has 2 aromatic carbocycles. The van der Waals surface area contributed by atoms with Crippen molar-refractivity contribution in [2.24, 2.45) is 0 Å². The first kappa shape index (κ1) is 14.7. The summed E-state index contributed by atoms with van der Waals surface area (Å²) in [5.74, 6) is -0.255. The van der Waals surface area contributed by atoms with Crippen LogP contribution in [0.1, 0.15) is 16.7 Å². The van der Waals surface area contributed by atoms with Crippen molar-refractivity contribution in [3.8, 4) is 6.07 Å². The summed E-state index contributed by atoms with van der Waals surface area (Å²) >= 11 is 0. The van der Waals surface area contributed by atoms with E-state index in [2.05, 4.69) is 11.1 Å². The Kier molecular flexibility index (Phi) is 4.30. The van der Waals surface area contributed by atoms with E-state index >= 15 is 0 Å². The van der Waals surface area contributed by atoms with Crippen molar-refractivity contribution in [2.75, 3.05) is 0 Å². The first-order chi connectivity index (χ1) is 11.2. The lowest BCUT2D eigenvalue weighted by Gasteiger charge is -2.09. The van der Waals surface area contributed by atoms with Crippen molar-refractivity contribution in [1.29, 1.82) is 5.26 Å². The van der Waals surface area contributed by atoms with Gasteiger partial charge in [-0.3, -0.25) is 0 Å². The SMILES string of the molecule is N#Cc1ccc(/C=C(\Cn2ccnc2)c2ccc(F)cc2)cc1. The van der Waals surface area contributed by atoms with Crippen LogP contribution < -0.4 is 0 Å². The number of allylic oxidation sites excluding steroid dienone is 1. The summed E-state index contributed by atoms with van der Waals surface area (Å²) in [5.41, 5.74) is 3.60. The number of hydrogen-bond acceptors (Lipinski definition) is 2. The quantitative estimate of drug-likeness (QED) is 0.680. The van der Waals surface area contributed by atoms with Crippen LogP contribution in [0.15, 0.2) is 67.3 Å². The summed E-state index contributed by atoms with van der Waals surface area (Å²) in [6, 6.07) is 15.9. The summed E-state index contributed by atoms with van der Waals surface area (Å²) in [7, 11) is 0. The van der Waals surface area contributed by atoms with Crippen LogP contribution in [0, 0.1) is 17.1 Å². The van der Waals surface area contributed by atoms with E-state index in [-0.39, 0.29) is 5.82 Å². The molecule has 3 rings (SSSR count). The Morgan fingerprint density at radius 1 is 1.13 bits per heavy atom. The standard InChI is InChI=1S/C19H14FN3/c20-19-7-5-17(6-8-19)18(13-23-10-9-22-14-23)11-15-1-3-16(12-21)4-2-15/h1-11,14H,13H2/b18-11+. The molecule has 23 heavy (non-hydrogen) atoms. The van der Waals surface area contributed by atoms with E-state index in [9.17, 15) is 4.39 Å². The van der Waals surface area contributed by atoms with Crippen LogP contribution in [0.4, 0.5) is 4.39 Å². The van der Waals surface area contributed by atoms with E-state index in [1.807, 2.05) is 29.0 Å². The number of benzene rings is 2. The van der Waals surface area contributed by atoms with Gasteiger partial charge in [-0.1, -0.05) is 24.3 Å². The molecule has 0 fully saturated rings. The maximum atomic E-state index is 13.2. The van der Waals surface area contributed by atoms with Gasteiger partial charge in [-0.15, -0.1) is 0 Å². The molecule has 0 N–H and O–H groups in total. The molecule has 0 aliphatic heterocycles. The molecule has 3 nitrogen and oxygen atoms in total. The molecule has 0 saturated heterocycles. The number of rotatable bonds is 4. The van der Waals surface area contributed by atoms with Crippen LogP contribution in [0.5, 0.6) is 0 Å². The highest BCUT2D eigenvalue weighted by molar-refractivity contribution is 5.81. The number of nitriles is 1. The number of hydrogen-bond donors (Lipinski definition) is 0. The third-order valence-corrected chi connectivity index (χ3v) is 3.51. The molecule has 1 aromatic heterocycles. The fraction of sp³-hybridized carbons (Fsp3) is 0.0526. The molecule has 0 radical (unpaired) electrons. The van der Waals surface area contributed by atoms with Gasteiger partial charge in [0.25, 0.3) is 0 Å². The van der Waals surface area contributed by atoms with Crippen molar-refractivity contribution >= 4 is 11.6 Å². The van der Waals surface area contributed by atoms with E-state index in [0.717, 1.165) is 16.7 Å². The summed E-state index contributed by atoms with van der Waals surface area (Å²) in [5, 5.41) is 8.87. The highest BCUT2D eigenvalue weighted by atomic mass is 19.1. The van der Waals surface area contributed by atoms with E-state index in [0.29, 0.717) is 12.1 Å². The lowest BCUT2D eigenvalue weighted by atomic mass is 10.0. The third kappa shape index (κ3) is 3.72. The zero-order chi connectivity index (χ0) is 16.1. The molecule has 4 heteroatoms. The zero-order valence-corrected chi connectivity index (χ0v) is 12.4. The lowest BCUT2D eigenvalue weighted by Crippen LogP contribution is -1.98. The first-order valence-electron chi connectivity index (χ1n) is 7.17. The summed E-state index contributed by atoms with van der Waals surface area (Å²) < 4.78 is 15.1. The van der Waals surface area contributed by atoms with E-state index in [1.54, 1.807) is 36.8 Å². The Balaban J connectivity index is 1.97. The first-order valence-corrected chi connectivity index (χ1v) is 7.17. The van der Waals surface area contributed by atoms with E-state index in [1.165, 1.54) is 12.1 Å². The van der Waals surface area contributed by atoms with Crippen molar-refractivity contribution in [2.45, 2.75) is 6.54 Å². The second-order valence-corrected chi connectivity index (χ2v) is 5.15. The largest absolute Gasteiger partial charge is 0.333 e. The van der Waals surface area contributed by atoms with Crippen LogP contribution in [-0.2, 0) is 6.54 Å². The molecule has 0 saturated carbocycles. The van der Waals surface area contributed by atoms with Gasteiger partial charge in [-0.2, -0.15) is 5.26 Å². The third-order valence-electron chi connectivity index (χ3n) is 3.51. The van der Waals surface area contributed by atoms with Crippen molar-refractivity contribution in [1.82, 2.24) is 9.55 Å². The van der Waals surface area contributed by atoms with Crippen LogP contribution in [-0.4, -0.2) is 9.55 Å². The minimum absolute atomic E-state index is 0.255. The molecule has 3 aromatic rings. The molecule has 0 amide bonds. The Morgan fingerprint density at radius 3 is 2.48 bits per heavy atom. The summed E-state index contributed by atoms with van der Waals surface area (Å²) in [4.78, 5) is 4.05.